The number of esters is 1. The fourth-order valence-corrected chi connectivity index (χ4v) is 4.43. The summed E-state index contributed by atoms with van der Waals surface area (Å²) in [6.45, 7) is 6.95. The number of benzene rings is 2. The summed E-state index contributed by atoms with van der Waals surface area (Å²) in [6, 6.07) is 5.74. The third-order valence-corrected chi connectivity index (χ3v) is 6.74. The highest BCUT2D eigenvalue weighted by atomic mass is 79.9. The van der Waals surface area contributed by atoms with Crippen LogP contribution in [0.3, 0.4) is 0 Å². The van der Waals surface area contributed by atoms with Crippen molar-refractivity contribution in [1.29, 1.82) is 0 Å². The fourth-order valence-electron chi connectivity index (χ4n) is 4.11. The summed E-state index contributed by atoms with van der Waals surface area (Å²) in [5, 5.41) is 0. The van der Waals surface area contributed by atoms with E-state index in [9.17, 15) is 13.6 Å². The van der Waals surface area contributed by atoms with Crippen molar-refractivity contribution in [3.63, 3.8) is 0 Å². The molecule has 2 aromatic carbocycles. The van der Waals surface area contributed by atoms with Crippen LogP contribution in [0, 0.1) is 24.0 Å². The van der Waals surface area contributed by atoms with Crippen LogP contribution in [0.2, 0.25) is 0 Å². The molecule has 1 fully saturated rings. The van der Waals surface area contributed by atoms with Crippen molar-refractivity contribution in [2.75, 3.05) is 20.3 Å². The Kier molecular flexibility index (Phi) is 5.64. The lowest BCUT2D eigenvalue weighted by Gasteiger charge is -2.28. The Balaban J connectivity index is 1.94. The Bertz CT molecular complexity index is 1190. The smallest absolute Gasteiger partial charge is 0.338 e. The second-order valence-corrected chi connectivity index (χ2v) is 9.46. The average Bonchev–Trinajstić information content (AvgIpc) is 3.24. The number of nitrogens with zero attached hydrogens (tertiary/aromatic N) is 2. The largest absolute Gasteiger partial charge is 0.465 e. The lowest BCUT2D eigenvalue weighted by Crippen LogP contribution is -2.27. The normalized spacial score (nSPS) is 18.0. The molecule has 0 unspecified atom stereocenters. The topological polar surface area (TPSA) is 53.3 Å². The lowest BCUT2D eigenvalue weighted by molar-refractivity contribution is 0.0600. The maximum Gasteiger partial charge on any atom is 0.338 e. The van der Waals surface area contributed by atoms with Crippen LogP contribution < -0.4 is 0 Å². The number of carbonyl (C=O) groups is 1. The van der Waals surface area contributed by atoms with E-state index in [2.05, 4.69) is 34.8 Å². The van der Waals surface area contributed by atoms with Gasteiger partial charge in [0, 0.05) is 16.3 Å². The number of halogens is 3. The van der Waals surface area contributed by atoms with Crippen LogP contribution in [0.25, 0.3) is 11.0 Å². The van der Waals surface area contributed by atoms with Gasteiger partial charge in [-0.15, -0.1) is 0 Å². The molecule has 0 amide bonds. The third kappa shape index (κ3) is 3.87. The van der Waals surface area contributed by atoms with Gasteiger partial charge in [-0.3, -0.25) is 0 Å². The average molecular weight is 493 g/mol. The first-order valence-corrected chi connectivity index (χ1v) is 10.7. The molecule has 1 aromatic heterocycles. The highest BCUT2D eigenvalue weighted by Crippen LogP contribution is 2.41. The van der Waals surface area contributed by atoms with Gasteiger partial charge < -0.3 is 14.0 Å². The Morgan fingerprint density at radius 3 is 2.68 bits per heavy atom. The van der Waals surface area contributed by atoms with Crippen molar-refractivity contribution in [3.05, 3.63) is 62.9 Å². The van der Waals surface area contributed by atoms with Crippen LogP contribution in [0.4, 0.5) is 8.78 Å². The molecule has 1 saturated heterocycles. The van der Waals surface area contributed by atoms with Crippen LogP contribution in [0.5, 0.6) is 0 Å². The number of hydrogen-bond donors (Lipinski definition) is 0. The van der Waals surface area contributed by atoms with Gasteiger partial charge in [-0.1, -0.05) is 35.8 Å². The number of hydrogen-bond acceptors (Lipinski definition) is 4. The maximum absolute atomic E-state index is 15.0. The van der Waals surface area contributed by atoms with Gasteiger partial charge in [0.15, 0.2) is 5.82 Å². The number of carbonyl (C=O) groups excluding carboxylic acids is 1. The van der Waals surface area contributed by atoms with Gasteiger partial charge in [-0.05, 0) is 36.2 Å². The summed E-state index contributed by atoms with van der Waals surface area (Å²) in [5.41, 5.74) is 1.80. The molecule has 0 aliphatic carbocycles. The SMILES string of the molecule is COC(=O)c1cc(F)c2nc(Cc3cc(C)c(Br)cc3F)n([C@@H]3COCC3(C)C)c2c1. The van der Waals surface area contributed by atoms with Crippen LogP contribution in [-0.4, -0.2) is 35.8 Å². The second-order valence-electron chi connectivity index (χ2n) is 8.60. The lowest BCUT2D eigenvalue weighted by atomic mass is 9.87. The molecule has 1 aliphatic rings. The van der Waals surface area contributed by atoms with Crippen molar-refractivity contribution >= 4 is 32.9 Å². The zero-order valence-corrected chi connectivity index (χ0v) is 19.3. The van der Waals surface area contributed by atoms with E-state index in [1.54, 1.807) is 12.1 Å². The summed E-state index contributed by atoms with van der Waals surface area (Å²) < 4.78 is 42.7. The second kappa shape index (κ2) is 7.98. The van der Waals surface area contributed by atoms with E-state index in [4.69, 9.17) is 9.47 Å². The predicted octanol–water partition coefficient (Wildman–Crippen LogP) is 5.36. The minimum Gasteiger partial charge on any atom is -0.465 e. The van der Waals surface area contributed by atoms with Gasteiger partial charge in [0.05, 0.1) is 37.4 Å². The summed E-state index contributed by atoms with van der Waals surface area (Å²) in [4.78, 5) is 16.6. The molecule has 1 atom stereocenters. The minimum atomic E-state index is -0.633. The first-order chi connectivity index (χ1) is 14.6. The van der Waals surface area contributed by atoms with Crippen molar-refractivity contribution in [2.24, 2.45) is 5.41 Å². The molecule has 0 bridgehead atoms. The first-order valence-electron chi connectivity index (χ1n) is 9.93. The number of aryl methyl sites for hydroxylation is 1. The standard InChI is InChI=1S/C23H23BrF2N2O3/c1-12-5-13(16(25)9-15(12)24)8-20-27-21-17(26)6-14(22(29)30-4)7-18(21)28(20)19-10-31-11-23(19,2)3/h5-7,9,19H,8,10-11H2,1-4H3/t19-/m1/s1. The predicted molar refractivity (Wildman–Crippen MR) is 116 cm³/mol. The quantitative estimate of drug-likeness (QED) is 0.460. The van der Waals surface area contributed by atoms with Gasteiger partial charge in [0.25, 0.3) is 0 Å². The van der Waals surface area contributed by atoms with Crippen LogP contribution in [0.15, 0.2) is 28.7 Å². The Labute approximate surface area is 187 Å². The first kappa shape index (κ1) is 21.9. The third-order valence-electron chi connectivity index (χ3n) is 5.88. The number of rotatable bonds is 4. The van der Waals surface area contributed by atoms with Gasteiger partial charge in [-0.25, -0.2) is 18.6 Å². The van der Waals surface area contributed by atoms with E-state index in [1.807, 2.05) is 11.5 Å². The van der Waals surface area contributed by atoms with E-state index >= 15 is 0 Å². The van der Waals surface area contributed by atoms with E-state index < -0.39 is 11.8 Å². The number of aromatic nitrogens is 2. The monoisotopic (exact) mass is 492 g/mol. The van der Waals surface area contributed by atoms with Gasteiger partial charge in [0.1, 0.15) is 17.2 Å². The van der Waals surface area contributed by atoms with Crippen molar-refractivity contribution < 1.29 is 23.0 Å². The van der Waals surface area contributed by atoms with Crippen molar-refractivity contribution in [3.8, 4) is 0 Å². The molecule has 5 nitrogen and oxygen atoms in total. The number of ether oxygens (including phenoxy) is 2. The fraction of sp³-hybridized carbons (Fsp3) is 0.391. The minimum absolute atomic E-state index is 0.0996. The molecule has 3 aromatic rings. The van der Waals surface area contributed by atoms with Crippen LogP contribution >= 0.6 is 15.9 Å². The highest BCUT2D eigenvalue weighted by molar-refractivity contribution is 9.10. The zero-order valence-electron chi connectivity index (χ0n) is 17.8. The van der Waals surface area contributed by atoms with Crippen LogP contribution in [0.1, 0.15) is 47.2 Å². The van der Waals surface area contributed by atoms with E-state index in [0.29, 0.717) is 34.6 Å². The molecular formula is C23H23BrF2N2O3. The van der Waals surface area contributed by atoms with Crippen LogP contribution in [-0.2, 0) is 15.9 Å². The summed E-state index contributed by atoms with van der Waals surface area (Å²) in [6.07, 6.45) is 0.175. The molecule has 0 radical (unpaired) electrons. The van der Waals surface area contributed by atoms with E-state index in [0.717, 1.165) is 11.6 Å². The summed E-state index contributed by atoms with van der Waals surface area (Å²) >= 11 is 3.34. The Hall–Kier alpha value is -2.32. The zero-order chi connectivity index (χ0) is 22.5. The Morgan fingerprint density at radius 1 is 1.29 bits per heavy atom. The highest BCUT2D eigenvalue weighted by Gasteiger charge is 2.39. The molecule has 164 valence electrons. The van der Waals surface area contributed by atoms with Crippen molar-refractivity contribution in [2.45, 2.75) is 33.2 Å². The van der Waals surface area contributed by atoms with E-state index in [-0.39, 0.29) is 34.8 Å². The number of imidazole rings is 1. The van der Waals surface area contributed by atoms with Gasteiger partial charge >= 0.3 is 5.97 Å². The van der Waals surface area contributed by atoms with Gasteiger partial charge in [0.2, 0.25) is 0 Å². The Morgan fingerprint density at radius 2 is 2.03 bits per heavy atom. The molecule has 4 rings (SSSR count). The molecule has 31 heavy (non-hydrogen) atoms. The van der Waals surface area contributed by atoms with Crippen molar-refractivity contribution in [1.82, 2.24) is 9.55 Å². The summed E-state index contributed by atoms with van der Waals surface area (Å²) in [5.74, 6) is -1.11. The number of fused-ring (bicyclic) bond motifs is 1. The van der Waals surface area contributed by atoms with E-state index in [1.165, 1.54) is 13.2 Å². The molecule has 1 aliphatic heterocycles. The molecule has 8 heteroatoms. The molecule has 2 heterocycles. The van der Waals surface area contributed by atoms with Gasteiger partial charge in [-0.2, -0.15) is 0 Å². The molecular weight excluding hydrogens is 470 g/mol. The molecule has 0 N–H and O–H groups in total. The summed E-state index contributed by atoms with van der Waals surface area (Å²) in [7, 11) is 1.25. The maximum atomic E-state index is 15.0. The number of methoxy groups -OCH3 is 1. The molecule has 0 spiro atoms. The molecule has 0 saturated carbocycles.